The summed E-state index contributed by atoms with van der Waals surface area (Å²) in [5.41, 5.74) is 4.52. The molecule has 2 N–H and O–H groups in total. The van der Waals surface area contributed by atoms with Crippen LogP contribution in [0.5, 0.6) is 0 Å². The Morgan fingerprint density at radius 2 is 1.40 bits per heavy atom. The van der Waals surface area contributed by atoms with Crippen LogP contribution >= 0.6 is 15.9 Å². The first-order valence-corrected chi connectivity index (χ1v) is 7.14. The second-order valence-electron chi connectivity index (χ2n) is 4.54. The van der Waals surface area contributed by atoms with Gasteiger partial charge in [-0.25, -0.2) is 0 Å². The fourth-order valence-corrected chi connectivity index (χ4v) is 2.99. The SMILES string of the molecule is CC(=O)O.O[C@@H]1c2ccccc2-c2ccccc2[C@H]1Br. The van der Waals surface area contributed by atoms with Gasteiger partial charge in [-0.05, 0) is 22.3 Å². The minimum Gasteiger partial charge on any atom is -0.481 e. The van der Waals surface area contributed by atoms with E-state index in [-0.39, 0.29) is 4.83 Å². The van der Waals surface area contributed by atoms with Crippen molar-refractivity contribution in [2.45, 2.75) is 17.9 Å². The van der Waals surface area contributed by atoms with Crippen molar-refractivity contribution in [3.05, 3.63) is 59.7 Å². The monoisotopic (exact) mass is 334 g/mol. The number of fused-ring (bicyclic) bond motifs is 3. The summed E-state index contributed by atoms with van der Waals surface area (Å²) in [5.74, 6) is -0.833. The van der Waals surface area contributed by atoms with Crippen LogP contribution < -0.4 is 0 Å². The van der Waals surface area contributed by atoms with Gasteiger partial charge in [0.05, 0.1) is 10.9 Å². The highest BCUT2D eigenvalue weighted by Gasteiger charge is 2.29. The van der Waals surface area contributed by atoms with E-state index >= 15 is 0 Å². The number of aliphatic hydroxyl groups excluding tert-OH is 1. The molecule has 0 unspecified atom stereocenters. The standard InChI is InChI=1S/C14H11BrO.C2H4O2/c15-13-11-7-3-1-5-9(11)10-6-2-4-8-12(10)14(13)16;1-2(3)4/h1-8,13-14,16H;1H3,(H,3,4)/t13-,14-;/m1./s1. The first-order valence-electron chi connectivity index (χ1n) is 6.22. The summed E-state index contributed by atoms with van der Waals surface area (Å²) in [7, 11) is 0. The molecule has 0 saturated heterocycles. The van der Waals surface area contributed by atoms with Crippen LogP contribution in [0.3, 0.4) is 0 Å². The molecule has 4 heteroatoms. The first-order chi connectivity index (χ1) is 9.52. The topological polar surface area (TPSA) is 57.5 Å². The van der Waals surface area contributed by atoms with E-state index in [4.69, 9.17) is 9.90 Å². The Balaban J connectivity index is 0.000000328. The largest absolute Gasteiger partial charge is 0.481 e. The minimum absolute atomic E-state index is 0.0152. The Hall–Kier alpha value is -1.65. The van der Waals surface area contributed by atoms with E-state index in [1.165, 1.54) is 5.56 Å². The number of halogens is 1. The van der Waals surface area contributed by atoms with Gasteiger partial charge in [-0.2, -0.15) is 0 Å². The van der Waals surface area contributed by atoms with E-state index in [0.717, 1.165) is 23.6 Å². The highest BCUT2D eigenvalue weighted by molar-refractivity contribution is 9.09. The molecular formula is C16H15BrO3. The van der Waals surface area contributed by atoms with Gasteiger partial charge in [0.1, 0.15) is 0 Å². The van der Waals surface area contributed by atoms with Crippen molar-refractivity contribution >= 4 is 21.9 Å². The second kappa shape index (κ2) is 6.20. The maximum Gasteiger partial charge on any atom is 0.300 e. The number of benzene rings is 2. The molecule has 1 aliphatic rings. The van der Waals surface area contributed by atoms with Gasteiger partial charge < -0.3 is 10.2 Å². The third-order valence-corrected chi connectivity index (χ3v) is 4.10. The lowest BCUT2D eigenvalue weighted by molar-refractivity contribution is -0.134. The number of carboxylic acid groups (broad SMARTS) is 1. The molecule has 0 spiro atoms. The Morgan fingerprint density at radius 1 is 1.00 bits per heavy atom. The molecule has 0 saturated carbocycles. The summed E-state index contributed by atoms with van der Waals surface area (Å²) in [6.45, 7) is 1.08. The number of carbonyl (C=O) groups is 1. The van der Waals surface area contributed by atoms with Gasteiger partial charge in [0, 0.05) is 6.92 Å². The number of carboxylic acids is 1. The highest BCUT2D eigenvalue weighted by atomic mass is 79.9. The van der Waals surface area contributed by atoms with E-state index in [9.17, 15) is 5.11 Å². The van der Waals surface area contributed by atoms with E-state index < -0.39 is 12.1 Å². The molecule has 2 aromatic rings. The van der Waals surface area contributed by atoms with Crippen molar-refractivity contribution < 1.29 is 15.0 Å². The Kier molecular flexibility index (Phi) is 4.57. The maximum atomic E-state index is 10.2. The van der Waals surface area contributed by atoms with Crippen LogP contribution in [0.1, 0.15) is 29.0 Å². The van der Waals surface area contributed by atoms with Crippen molar-refractivity contribution in [3.8, 4) is 11.1 Å². The van der Waals surface area contributed by atoms with E-state index in [1.807, 2.05) is 30.3 Å². The number of aliphatic hydroxyl groups is 1. The lowest BCUT2D eigenvalue weighted by Crippen LogP contribution is -2.12. The molecule has 3 nitrogen and oxygen atoms in total. The van der Waals surface area contributed by atoms with Gasteiger partial charge in [-0.15, -0.1) is 0 Å². The minimum atomic E-state index is -0.833. The zero-order valence-corrected chi connectivity index (χ0v) is 12.5. The van der Waals surface area contributed by atoms with Crippen LogP contribution in [0, 0.1) is 0 Å². The maximum absolute atomic E-state index is 10.2. The predicted octanol–water partition coefficient (Wildman–Crippen LogP) is 3.93. The van der Waals surface area contributed by atoms with Gasteiger partial charge in [-0.1, -0.05) is 64.5 Å². The van der Waals surface area contributed by atoms with Crippen molar-refractivity contribution in [1.82, 2.24) is 0 Å². The van der Waals surface area contributed by atoms with Crippen LogP contribution in [0.2, 0.25) is 0 Å². The predicted molar refractivity (Wildman–Crippen MR) is 81.8 cm³/mol. The number of hydrogen-bond acceptors (Lipinski definition) is 2. The van der Waals surface area contributed by atoms with Crippen LogP contribution in [-0.2, 0) is 4.79 Å². The van der Waals surface area contributed by atoms with Gasteiger partial charge in [0.15, 0.2) is 0 Å². The average Bonchev–Trinajstić information content (AvgIpc) is 2.44. The molecule has 104 valence electrons. The molecule has 0 bridgehead atoms. The lowest BCUT2D eigenvalue weighted by atomic mass is 9.84. The molecule has 0 fully saturated rings. The Labute approximate surface area is 126 Å². The molecule has 20 heavy (non-hydrogen) atoms. The zero-order valence-electron chi connectivity index (χ0n) is 11.0. The number of alkyl halides is 1. The summed E-state index contributed by atoms with van der Waals surface area (Å²) in [4.78, 5) is 8.98. The Morgan fingerprint density at radius 3 is 1.95 bits per heavy atom. The number of rotatable bonds is 0. The molecule has 1 aliphatic carbocycles. The number of aliphatic carboxylic acids is 1. The third kappa shape index (κ3) is 2.92. The quantitative estimate of drug-likeness (QED) is 0.717. The van der Waals surface area contributed by atoms with Crippen molar-refractivity contribution in [2.75, 3.05) is 0 Å². The van der Waals surface area contributed by atoms with Crippen LogP contribution in [0.4, 0.5) is 0 Å². The van der Waals surface area contributed by atoms with Crippen molar-refractivity contribution in [2.24, 2.45) is 0 Å². The fraction of sp³-hybridized carbons (Fsp3) is 0.188. The first kappa shape index (κ1) is 14.8. The van der Waals surface area contributed by atoms with E-state index in [1.54, 1.807) is 0 Å². The molecule has 0 heterocycles. The summed E-state index contributed by atoms with van der Waals surface area (Å²) in [6.07, 6.45) is -0.467. The molecule has 0 aliphatic heterocycles. The van der Waals surface area contributed by atoms with E-state index in [2.05, 4.69) is 34.1 Å². The number of hydrogen-bond donors (Lipinski definition) is 2. The van der Waals surface area contributed by atoms with Crippen molar-refractivity contribution in [3.63, 3.8) is 0 Å². The average molecular weight is 335 g/mol. The molecule has 2 aromatic carbocycles. The van der Waals surface area contributed by atoms with Crippen LogP contribution in [0.15, 0.2) is 48.5 Å². The summed E-state index contributed by atoms with van der Waals surface area (Å²) in [5, 5.41) is 17.6. The molecular weight excluding hydrogens is 320 g/mol. The fourth-order valence-electron chi connectivity index (χ4n) is 2.31. The van der Waals surface area contributed by atoms with Crippen LogP contribution in [0.25, 0.3) is 11.1 Å². The van der Waals surface area contributed by atoms with Gasteiger partial charge in [0.2, 0.25) is 0 Å². The van der Waals surface area contributed by atoms with E-state index in [0.29, 0.717) is 0 Å². The molecule has 0 aromatic heterocycles. The summed E-state index contributed by atoms with van der Waals surface area (Å²) in [6, 6.07) is 16.2. The van der Waals surface area contributed by atoms with Crippen LogP contribution in [-0.4, -0.2) is 16.2 Å². The Bertz CT molecular complexity index is 571. The van der Waals surface area contributed by atoms with Gasteiger partial charge in [-0.3, -0.25) is 4.79 Å². The summed E-state index contributed by atoms with van der Waals surface area (Å²) < 4.78 is 0. The normalized spacial score (nSPS) is 19.1. The molecule has 0 amide bonds. The van der Waals surface area contributed by atoms with Gasteiger partial charge in [0.25, 0.3) is 5.97 Å². The summed E-state index contributed by atoms with van der Waals surface area (Å²) >= 11 is 3.57. The second-order valence-corrected chi connectivity index (χ2v) is 5.53. The zero-order chi connectivity index (χ0) is 14.7. The lowest BCUT2D eigenvalue weighted by Gasteiger charge is -2.28. The highest BCUT2D eigenvalue weighted by Crippen LogP contribution is 2.48. The third-order valence-electron chi connectivity index (χ3n) is 3.10. The molecule has 3 rings (SSSR count). The van der Waals surface area contributed by atoms with Crippen molar-refractivity contribution in [1.29, 1.82) is 0 Å². The smallest absolute Gasteiger partial charge is 0.300 e. The van der Waals surface area contributed by atoms with Gasteiger partial charge >= 0.3 is 0 Å². The molecule has 2 atom stereocenters. The molecule has 0 radical (unpaired) electrons.